The van der Waals surface area contributed by atoms with Gasteiger partial charge in [-0.2, -0.15) is 4.98 Å². The zero-order chi connectivity index (χ0) is 13.7. The number of nitrogens with zero attached hydrogens (tertiary/aromatic N) is 3. The second-order valence-corrected chi connectivity index (χ2v) is 4.57. The SMILES string of the molecule is O=C1c2ccccc2C(=O)N1Cc1cn2ccoc2n1. The lowest BCUT2D eigenvalue weighted by Crippen LogP contribution is -2.29. The standard InChI is InChI=1S/C14H9N3O3/c18-12-10-3-1-2-4-11(10)13(19)17(12)8-9-7-16-5-6-20-14(16)15-9/h1-7H,8H2. The first-order valence-corrected chi connectivity index (χ1v) is 6.10. The fraction of sp³-hybridized carbons (Fsp3) is 0.0714. The van der Waals surface area contributed by atoms with Gasteiger partial charge in [0, 0.05) is 12.4 Å². The van der Waals surface area contributed by atoms with Crippen molar-refractivity contribution in [2.75, 3.05) is 0 Å². The molecule has 0 N–H and O–H groups in total. The first-order chi connectivity index (χ1) is 9.74. The fourth-order valence-corrected chi connectivity index (χ4v) is 2.40. The number of imide groups is 1. The van der Waals surface area contributed by atoms with E-state index in [1.165, 1.54) is 11.2 Å². The normalized spacial score (nSPS) is 14.3. The topological polar surface area (TPSA) is 67.8 Å². The van der Waals surface area contributed by atoms with Crippen LogP contribution >= 0.6 is 0 Å². The monoisotopic (exact) mass is 267 g/mol. The molecule has 0 bridgehead atoms. The summed E-state index contributed by atoms with van der Waals surface area (Å²) in [6.45, 7) is 0.142. The van der Waals surface area contributed by atoms with Gasteiger partial charge in [0.1, 0.15) is 6.26 Å². The van der Waals surface area contributed by atoms with Crippen molar-refractivity contribution in [1.29, 1.82) is 0 Å². The number of oxazole rings is 1. The minimum absolute atomic E-state index is 0.142. The van der Waals surface area contributed by atoms with E-state index in [1.54, 1.807) is 41.1 Å². The van der Waals surface area contributed by atoms with E-state index < -0.39 is 0 Å². The van der Waals surface area contributed by atoms with Crippen molar-refractivity contribution >= 4 is 17.7 Å². The lowest BCUT2D eigenvalue weighted by molar-refractivity contribution is 0.0640. The average Bonchev–Trinajstić information content (AvgIpc) is 3.09. The third-order valence-corrected chi connectivity index (χ3v) is 3.34. The quantitative estimate of drug-likeness (QED) is 0.663. The van der Waals surface area contributed by atoms with Crippen LogP contribution in [0.5, 0.6) is 0 Å². The summed E-state index contributed by atoms with van der Waals surface area (Å²) in [6, 6.07) is 6.82. The lowest BCUT2D eigenvalue weighted by Gasteiger charge is -2.11. The van der Waals surface area contributed by atoms with Gasteiger partial charge in [-0.05, 0) is 12.1 Å². The summed E-state index contributed by atoms with van der Waals surface area (Å²) in [6.07, 6.45) is 4.98. The molecule has 0 aliphatic carbocycles. The molecular weight excluding hydrogens is 258 g/mol. The average molecular weight is 267 g/mol. The van der Waals surface area contributed by atoms with E-state index in [9.17, 15) is 9.59 Å². The van der Waals surface area contributed by atoms with E-state index in [1.807, 2.05) is 0 Å². The van der Waals surface area contributed by atoms with Crippen LogP contribution in [0.25, 0.3) is 5.84 Å². The molecule has 0 atom stereocenters. The number of carbonyl (C=O) groups excluding carboxylic acids is 2. The first kappa shape index (κ1) is 11.0. The Labute approximate surface area is 113 Å². The highest BCUT2D eigenvalue weighted by atomic mass is 16.3. The minimum Gasteiger partial charge on any atom is -0.432 e. The molecular formula is C14H9N3O3. The Morgan fingerprint density at radius 1 is 1.10 bits per heavy atom. The van der Waals surface area contributed by atoms with Crippen LogP contribution < -0.4 is 0 Å². The predicted octanol–water partition coefficient (Wildman–Crippen LogP) is 1.72. The number of rotatable bonds is 2. The highest BCUT2D eigenvalue weighted by Crippen LogP contribution is 2.24. The van der Waals surface area contributed by atoms with Gasteiger partial charge in [0.2, 0.25) is 0 Å². The predicted molar refractivity (Wildman–Crippen MR) is 68.1 cm³/mol. The maximum Gasteiger partial charge on any atom is 0.305 e. The van der Waals surface area contributed by atoms with Gasteiger partial charge in [-0.3, -0.25) is 18.9 Å². The summed E-state index contributed by atoms with van der Waals surface area (Å²) in [5.74, 6) is -0.123. The smallest absolute Gasteiger partial charge is 0.305 e. The Morgan fingerprint density at radius 2 is 1.80 bits per heavy atom. The van der Waals surface area contributed by atoms with E-state index in [0.717, 1.165) is 0 Å². The Hall–Kier alpha value is -2.89. The molecule has 20 heavy (non-hydrogen) atoms. The number of benzene rings is 1. The number of hydrogen-bond acceptors (Lipinski definition) is 4. The number of imidazole rings is 1. The van der Waals surface area contributed by atoms with Gasteiger partial charge in [0.15, 0.2) is 0 Å². The maximum atomic E-state index is 12.2. The summed E-state index contributed by atoms with van der Waals surface area (Å²) in [4.78, 5) is 29.8. The molecule has 0 unspecified atom stereocenters. The fourth-order valence-electron chi connectivity index (χ4n) is 2.40. The number of fused-ring (bicyclic) bond motifs is 2. The molecule has 4 rings (SSSR count). The van der Waals surface area contributed by atoms with Crippen LogP contribution in [0.4, 0.5) is 0 Å². The van der Waals surface area contributed by atoms with E-state index in [4.69, 9.17) is 4.42 Å². The second kappa shape index (κ2) is 3.80. The van der Waals surface area contributed by atoms with Crippen molar-refractivity contribution in [1.82, 2.24) is 14.3 Å². The summed E-state index contributed by atoms with van der Waals surface area (Å²) in [7, 11) is 0. The molecule has 1 aromatic carbocycles. The van der Waals surface area contributed by atoms with E-state index >= 15 is 0 Å². The van der Waals surface area contributed by atoms with E-state index in [2.05, 4.69) is 4.98 Å². The summed E-state index contributed by atoms with van der Waals surface area (Å²) in [5, 5.41) is 0. The van der Waals surface area contributed by atoms with Gasteiger partial charge in [0.25, 0.3) is 11.8 Å². The van der Waals surface area contributed by atoms with Crippen molar-refractivity contribution in [3.05, 3.63) is 59.7 Å². The van der Waals surface area contributed by atoms with Crippen LogP contribution in [0.3, 0.4) is 0 Å². The molecule has 3 aromatic rings. The molecule has 0 radical (unpaired) electrons. The third kappa shape index (κ3) is 1.41. The van der Waals surface area contributed by atoms with Crippen molar-refractivity contribution < 1.29 is 14.0 Å². The molecule has 1 aliphatic rings. The Bertz CT molecular complexity index is 783. The third-order valence-electron chi connectivity index (χ3n) is 3.34. The van der Waals surface area contributed by atoms with E-state index in [-0.39, 0.29) is 18.4 Å². The largest absolute Gasteiger partial charge is 0.432 e. The molecule has 2 aromatic heterocycles. The zero-order valence-electron chi connectivity index (χ0n) is 10.3. The summed E-state index contributed by atoms with van der Waals surface area (Å²) in [5.41, 5.74) is 1.50. The van der Waals surface area contributed by atoms with Crippen LogP contribution in [0.2, 0.25) is 0 Å². The van der Waals surface area contributed by atoms with Crippen LogP contribution in [0.1, 0.15) is 26.4 Å². The molecule has 1 aliphatic heterocycles. The first-order valence-electron chi connectivity index (χ1n) is 6.10. The summed E-state index contributed by atoms with van der Waals surface area (Å²) < 4.78 is 6.84. The highest BCUT2D eigenvalue weighted by Gasteiger charge is 2.35. The number of amides is 2. The van der Waals surface area contributed by atoms with Crippen molar-refractivity contribution in [3.8, 4) is 0 Å². The van der Waals surface area contributed by atoms with Crippen molar-refractivity contribution in [3.63, 3.8) is 0 Å². The lowest BCUT2D eigenvalue weighted by atomic mass is 10.1. The van der Waals surface area contributed by atoms with Crippen molar-refractivity contribution in [2.45, 2.75) is 6.54 Å². The molecule has 6 nitrogen and oxygen atoms in total. The Morgan fingerprint density at radius 3 is 2.45 bits per heavy atom. The minimum atomic E-state index is -0.282. The van der Waals surface area contributed by atoms with Crippen LogP contribution in [0.15, 0.2) is 47.3 Å². The number of aromatic nitrogens is 2. The second-order valence-electron chi connectivity index (χ2n) is 4.57. The molecule has 98 valence electrons. The van der Waals surface area contributed by atoms with E-state index in [0.29, 0.717) is 22.7 Å². The highest BCUT2D eigenvalue weighted by molar-refractivity contribution is 6.21. The maximum absolute atomic E-state index is 12.2. The van der Waals surface area contributed by atoms with Gasteiger partial charge in [-0.25, -0.2) is 0 Å². The molecule has 0 saturated heterocycles. The molecule has 0 spiro atoms. The molecule has 0 saturated carbocycles. The summed E-state index contributed by atoms with van der Waals surface area (Å²) >= 11 is 0. The Balaban J connectivity index is 1.69. The van der Waals surface area contributed by atoms with Crippen molar-refractivity contribution in [2.24, 2.45) is 0 Å². The number of carbonyl (C=O) groups is 2. The van der Waals surface area contributed by atoms with Gasteiger partial charge in [0.05, 0.1) is 23.4 Å². The molecule has 3 heterocycles. The van der Waals surface area contributed by atoms with Gasteiger partial charge in [-0.15, -0.1) is 0 Å². The van der Waals surface area contributed by atoms with Crippen LogP contribution in [0, 0.1) is 0 Å². The Kier molecular flexibility index (Phi) is 2.09. The van der Waals surface area contributed by atoms with Crippen LogP contribution in [-0.4, -0.2) is 26.1 Å². The van der Waals surface area contributed by atoms with Gasteiger partial charge < -0.3 is 4.42 Å². The van der Waals surface area contributed by atoms with Gasteiger partial charge >= 0.3 is 5.84 Å². The number of hydrogen-bond donors (Lipinski definition) is 0. The van der Waals surface area contributed by atoms with Crippen LogP contribution in [-0.2, 0) is 6.54 Å². The molecule has 2 amide bonds. The molecule has 6 heteroatoms. The molecule has 0 fully saturated rings. The van der Waals surface area contributed by atoms with Gasteiger partial charge in [-0.1, -0.05) is 12.1 Å². The zero-order valence-corrected chi connectivity index (χ0v) is 10.3.